The summed E-state index contributed by atoms with van der Waals surface area (Å²) >= 11 is 14.2. The van der Waals surface area contributed by atoms with Crippen molar-refractivity contribution in [3.8, 4) is 5.75 Å². The summed E-state index contributed by atoms with van der Waals surface area (Å²) in [6.07, 6.45) is 0. The lowest BCUT2D eigenvalue weighted by molar-refractivity contribution is 0.607. The Balaban J connectivity index is 3.05. The van der Waals surface area contributed by atoms with E-state index in [0.29, 0.717) is 20.3 Å². The highest BCUT2D eigenvalue weighted by molar-refractivity contribution is 9.10. The fraction of sp³-hybridized carbons (Fsp3) is 0. The van der Waals surface area contributed by atoms with E-state index in [4.69, 9.17) is 23.2 Å². The minimum atomic E-state index is -0.248. The van der Waals surface area contributed by atoms with E-state index in [-0.39, 0.29) is 12.4 Å². The molecule has 0 aliphatic heterocycles. The Hall–Kier alpha value is 0.360. The van der Waals surface area contributed by atoms with Crippen LogP contribution in [0, 0.1) is 0 Å². The fourth-order valence-electron chi connectivity index (χ4n) is 0.602. The van der Waals surface area contributed by atoms with Crippen molar-refractivity contribution in [1.82, 2.24) is 0 Å². The summed E-state index contributed by atoms with van der Waals surface area (Å²) in [4.78, 5) is 0. The summed E-state index contributed by atoms with van der Waals surface area (Å²) in [7, 11) is 0. The van der Waals surface area contributed by atoms with Crippen molar-refractivity contribution in [2.45, 2.75) is 0 Å². The highest BCUT2D eigenvalue weighted by atomic mass is 79.9. The second-order valence-electron chi connectivity index (χ2n) is 1.84. The predicted molar refractivity (Wildman–Crippen MR) is 53.5 cm³/mol. The van der Waals surface area contributed by atoms with Crippen molar-refractivity contribution in [2.75, 3.05) is 0 Å². The second-order valence-corrected chi connectivity index (χ2v) is 3.80. The smallest absolute Gasteiger partial charge is 0.272 e. The maximum atomic E-state index is 11.7. The van der Waals surface area contributed by atoms with E-state index in [0.717, 1.165) is 0 Å². The first kappa shape index (κ1) is 10.4. The fourth-order valence-corrected chi connectivity index (χ4v) is 1.79. The van der Waals surface area contributed by atoms with Crippen LogP contribution >= 0.6 is 51.6 Å². The van der Waals surface area contributed by atoms with Crippen LogP contribution in [-0.4, -0.2) is 0 Å². The number of benzene rings is 1. The Morgan fingerprint density at radius 1 is 1.33 bits per heavy atom. The van der Waals surface area contributed by atoms with Crippen LogP contribution in [0.25, 0.3) is 0 Å². The molecular formula is C6H2BrCl2FOS. The third-order valence-corrected chi connectivity index (χ3v) is 2.68. The van der Waals surface area contributed by atoms with Gasteiger partial charge in [-0.3, -0.25) is 0 Å². The number of halogens is 4. The standard InChI is InChI=1S/C6H2BrCl2FOS/c7-3-1-4(8)5(9)2-6(3)11-12-10/h1-2H. The van der Waals surface area contributed by atoms with Gasteiger partial charge in [0.15, 0.2) is 5.75 Å². The van der Waals surface area contributed by atoms with Gasteiger partial charge in [0.25, 0.3) is 12.4 Å². The minimum Gasteiger partial charge on any atom is -0.396 e. The molecule has 1 rings (SSSR count). The number of rotatable bonds is 2. The lowest BCUT2D eigenvalue weighted by Gasteiger charge is -2.03. The average molecular weight is 292 g/mol. The third kappa shape index (κ3) is 2.42. The van der Waals surface area contributed by atoms with Crippen molar-refractivity contribution >= 4 is 51.6 Å². The summed E-state index contributed by atoms with van der Waals surface area (Å²) in [5, 5.41) is 0.712. The van der Waals surface area contributed by atoms with Gasteiger partial charge in [-0.1, -0.05) is 23.2 Å². The van der Waals surface area contributed by atoms with Crippen LogP contribution in [0.3, 0.4) is 0 Å². The first-order valence-corrected chi connectivity index (χ1v) is 4.94. The Bertz CT molecular complexity index is 297. The molecule has 0 bridgehead atoms. The molecule has 0 N–H and O–H groups in total. The zero-order valence-corrected chi connectivity index (χ0v) is 9.40. The van der Waals surface area contributed by atoms with Gasteiger partial charge >= 0.3 is 0 Å². The lowest BCUT2D eigenvalue weighted by Crippen LogP contribution is -1.80. The first-order valence-electron chi connectivity index (χ1n) is 2.75. The SMILES string of the molecule is FSOc1cc(Cl)c(Cl)cc1Br. The van der Waals surface area contributed by atoms with Crippen LogP contribution in [-0.2, 0) is 0 Å². The highest BCUT2D eigenvalue weighted by Gasteiger charge is 2.06. The molecule has 0 atom stereocenters. The summed E-state index contributed by atoms with van der Waals surface area (Å²) in [5.74, 6) is 0.303. The van der Waals surface area contributed by atoms with E-state index in [2.05, 4.69) is 20.1 Å². The molecule has 1 aromatic carbocycles. The lowest BCUT2D eigenvalue weighted by atomic mass is 10.3. The first-order chi connectivity index (χ1) is 5.65. The van der Waals surface area contributed by atoms with Crippen molar-refractivity contribution in [1.29, 1.82) is 0 Å². The van der Waals surface area contributed by atoms with Crippen molar-refractivity contribution in [3.05, 3.63) is 26.7 Å². The van der Waals surface area contributed by atoms with Gasteiger partial charge in [-0.2, -0.15) is 0 Å². The van der Waals surface area contributed by atoms with E-state index in [1.807, 2.05) is 0 Å². The molecular weight excluding hydrogens is 290 g/mol. The molecule has 1 aromatic rings. The van der Waals surface area contributed by atoms with Crippen LogP contribution in [0.5, 0.6) is 5.75 Å². The Labute approximate surface area is 91.8 Å². The van der Waals surface area contributed by atoms with Crippen LogP contribution < -0.4 is 4.18 Å². The van der Waals surface area contributed by atoms with E-state index in [1.54, 1.807) is 0 Å². The van der Waals surface area contributed by atoms with Gasteiger partial charge in [0.05, 0.1) is 14.5 Å². The van der Waals surface area contributed by atoms with Gasteiger partial charge in [-0.15, -0.1) is 3.89 Å². The molecule has 0 radical (unpaired) electrons. The summed E-state index contributed by atoms with van der Waals surface area (Å²) in [6, 6.07) is 2.97. The molecule has 0 aromatic heterocycles. The Kier molecular flexibility index (Phi) is 3.96. The summed E-state index contributed by atoms with van der Waals surface area (Å²) < 4.78 is 16.8. The van der Waals surface area contributed by atoms with Gasteiger partial charge < -0.3 is 4.18 Å². The van der Waals surface area contributed by atoms with Gasteiger partial charge in [0, 0.05) is 6.07 Å². The van der Waals surface area contributed by atoms with E-state index in [1.165, 1.54) is 12.1 Å². The summed E-state index contributed by atoms with van der Waals surface area (Å²) in [6.45, 7) is 0. The monoisotopic (exact) mass is 290 g/mol. The molecule has 66 valence electrons. The molecule has 0 aliphatic carbocycles. The second kappa shape index (κ2) is 4.56. The minimum absolute atomic E-state index is 0.248. The van der Waals surface area contributed by atoms with Crippen LogP contribution in [0.15, 0.2) is 16.6 Å². The number of hydrogen-bond donors (Lipinski definition) is 0. The highest BCUT2D eigenvalue weighted by Crippen LogP contribution is 2.35. The molecule has 0 heterocycles. The maximum Gasteiger partial charge on any atom is 0.272 e. The van der Waals surface area contributed by atoms with Crippen LogP contribution in [0.2, 0.25) is 10.0 Å². The van der Waals surface area contributed by atoms with Crippen molar-refractivity contribution in [3.63, 3.8) is 0 Å². The molecule has 1 nitrogen and oxygen atoms in total. The molecule has 6 heteroatoms. The molecule has 0 saturated carbocycles. The van der Waals surface area contributed by atoms with Crippen molar-refractivity contribution < 1.29 is 8.07 Å². The van der Waals surface area contributed by atoms with Crippen LogP contribution in [0.4, 0.5) is 3.89 Å². The normalized spacial score (nSPS) is 10.0. The molecule has 0 spiro atoms. The average Bonchev–Trinajstić information content (AvgIpc) is 2.01. The van der Waals surface area contributed by atoms with E-state index >= 15 is 0 Å². The maximum absolute atomic E-state index is 11.7. The van der Waals surface area contributed by atoms with E-state index in [9.17, 15) is 3.89 Å². The van der Waals surface area contributed by atoms with Gasteiger partial charge in [0.2, 0.25) is 0 Å². The molecule has 0 fully saturated rings. The Morgan fingerprint density at radius 2 is 1.92 bits per heavy atom. The molecule has 0 aliphatic rings. The number of hydrogen-bond acceptors (Lipinski definition) is 2. The topological polar surface area (TPSA) is 9.23 Å². The molecule has 0 unspecified atom stereocenters. The van der Waals surface area contributed by atoms with Crippen LogP contribution in [0.1, 0.15) is 0 Å². The molecule has 0 amide bonds. The van der Waals surface area contributed by atoms with Crippen molar-refractivity contribution in [2.24, 2.45) is 0 Å². The van der Waals surface area contributed by atoms with Gasteiger partial charge in [0.1, 0.15) is 0 Å². The zero-order valence-electron chi connectivity index (χ0n) is 5.48. The van der Waals surface area contributed by atoms with Gasteiger partial charge in [-0.25, -0.2) is 0 Å². The largest absolute Gasteiger partial charge is 0.396 e. The van der Waals surface area contributed by atoms with E-state index < -0.39 is 0 Å². The Morgan fingerprint density at radius 3 is 2.50 bits per heavy atom. The van der Waals surface area contributed by atoms with Gasteiger partial charge in [-0.05, 0) is 22.0 Å². The summed E-state index contributed by atoms with van der Waals surface area (Å²) in [5.41, 5.74) is 0. The molecule has 0 saturated heterocycles. The quantitative estimate of drug-likeness (QED) is 0.578. The molecule has 12 heavy (non-hydrogen) atoms. The predicted octanol–water partition coefficient (Wildman–Crippen LogP) is 4.67. The third-order valence-electron chi connectivity index (χ3n) is 1.10. The zero-order chi connectivity index (χ0) is 9.14.